The van der Waals surface area contributed by atoms with Crippen molar-refractivity contribution in [1.82, 2.24) is 20.2 Å². The number of hydrogen-bond donors (Lipinski definition) is 1. The van der Waals surface area contributed by atoms with Crippen LogP contribution in [0.25, 0.3) is 10.6 Å². The zero-order valence-corrected chi connectivity index (χ0v) is 15.7. The molecule has 28 heavy (non-hydrogen) atoms. The maximum atomic E-state index is 12.1. The molecule has 6 nitrogen and oxygen atoms in total. The number of nitrogens with one attached hydrogen (secondary N) is 1. The van der Waals surface area contributed by atoms with Crippen molar-refractivity contribution in [3.8, 4) is 10.6 Å². The van der Waals surface area contributed by atoms with Gasteiger partial charge in [-0.3, -0.25) is 14.5 Å². The number of hydrogen-bond acceptors (Lipinski definition) is 5. The Kier molecular flexibility index (Phi) is 5.35. The van der Waals surface area contributed by atoms with E-state index >= 15 is 0 Å². The van der Waals surface area contributed by atoms with E-state index in [1.54, 1.807) is 42.1 Å². The molecule has 0 bridgehead atoms. The van der Waals surface area contributed by atoms with Crippen LogP contribution in [0.5, 0.6) is 0 Å². The Balaban J connectivity index is 1.55. The molecule has 0 saturated heterocycles. The van der Waals surface area contributed by atoms with Gasteiger partial charge >= 0.3 is 0 Å². The summed E-state index contributed by atoms with van der Waals surface area (Å²) in [6.07, 6.45) is 6.70. The highest BCUT2D eigenvalue weighted by molar-refractivity contribution is 7.13. The molecule has 4 aromatic rings. The first-order valence-corrected chi connectivity index (χ1v) is 9.56. The predicted molar refractivity (Wildman–Crippen MR) is 110 cm³/mol. The molecule has 7 heteroatoms. The number of carbonyl (C=O) groups excluding carboxylic acids is 1. The van der Waals surface area contributed by atoms with Crippen LogP contribution in [0, 0.1) is 0 Å². The van der Waals surface area contributed by atoms with Crippen LogP contribution in [-0.4, -0.2) is 26.9 Å². The Morgan fingerprint density at radius 1 is 1.11 bits per heavy atom. The van der Waals surface area contributed by atoms with Gasteiger partial charge in [0.25, 0.3) is 5.91 Å². The van der Waals surface area contributed by atoms with Gasteiger partial charge in [-0.15, -0.1) is 11.3 Å². The highest BCUT2D eigenvalue weighted by Crippen LogP contribution is 2.26. The zero-order valence-electron chi connectivity index (χ0n) is 14.9. The number of nitrogens with zero attached hydrogens (tertiary/aromatic N) is 4. The summed E-state index contributed by atoms with van der Waals surface area (Å²) in [5, 5.41) is 10.8. The van der Waals surface area contributed by atoms with E-state index < -0.39 is 0 Å². The van der Waals surface area contributed by atoms with Crippen molar-refractivity contribution < 1.29 is 4.79 Å². The Morgan fingerprint density at radius 3 is 2.68 bits per heavy atom. The van der Waals surface area contributed by atoms with Crippen LogP contribution in [-0.2, 0) is 6.54 Å². The molecule has 1 amide bonds. The van der Waals surface area contributed by atoms with E-state index in [9.17, 15) is 4.79 Å². The average Bonchev–Trinajstić information content (AvgIpc) is 3.39. The lowest BCUT2D eigenvalue weighted by Gasteiger charge is -2.00. The molecule has 3 heterocycles. The molecule has 138 valence electrons. The maximum Gasteiger partial charge on any atom is 0.271 e. The van der Waals surface area contributed by atoms with Gasteiger partial charge in [0.2, 0.25) is 0 Å². The molecule has 0 spiro atoms. The number of thiophene rings is 1. The largest absolute Gasteiger partial charge is 0.271 e. The van der Waals surface area contributed by atoms with Crippen molar-refractivity contribution in [3.63, 3.8) is 0 Å². The lowest BCUT2D eigenvalue weighted by atomic mass is 10.2. The van der Waals surface area contributed by atoms with Gasteiger partial charge in [0, 0.05) is 29.7 Å². The van der Waals surface area contributed by atoms with E-state index in [1.165, 1.54) is 0 Å². The quantitative estimate of drug-likeness (QED) is 0.404. The smallest absolute Gasteiger partial charge is 0.267 e. The topological polar surface area (TPSA) is 72.2 Å². The van der Waals surface area contributed by atoms with Crippen molar-refractivity contribution in [1.29, 1.82) is 0 Å². The maximum absolute atomic E-state index is 12.1. The summed E-state index contributed by atoms with van der Waals surface area (Å²) in [5.74, 6) is -0.284. The van der Waals surface area contributed by atoms with E-state index in [4.69, 9.17) is 5.10 Å². The molecule has 0 saturated carbocycles. The van der Waals surface area contributed by atoms with Gasteiger partial charge in [0.15, 0.2) is 0 Å². The highest BCUT2D eigenvalue weighted by Gasteiger charge is 2.11. The van der Waals surface area contributed by atoms with Gasteiger partial charge in [0.1, 0.15) is 5.69 Å². The second-order valence-electron chi connectivity index (χ2n) is 6.03. The summed E-state index contributed by atoms with van der Waals surface area (Å²) in [7, 11) is 0. The fourth-order valence-corrected chi connectivity index (χ4v) is 3.45. The van der Waals surface area contributed by atoms with E-state index in [1.807, 2.05) is 46.6 Å². The molecule has 4 rings (SSSR count). The number of carbonyl (C=O) groups is 1. The second kappa shape index (κ2) is 8.41. The number of amides is 1. The van der Waals surface area contributed by atoms with Gasteiger partial charge in [-0.2, -0.15) is 10.2 Å². The van der Waals surface area contributed by atoms with Crippen molar-refractivity contribution in [2.24, 2.45) is 5.10 Å². The van der Waals surface area contributed by atoms with E-state index in [2.05, 4.69) is 27.6 Å². The van der Waals surface area contributed by atoms with E-state index in [0.29, 0.717) is 12.1 Å². The summed E-state index contributed by atoms with van der Waals surface area (Å²) in [5.41, 5.74) is 5.90. The average molecular weight is 387 g/mol. The molecule has 0 atom stereocenters. The second-order valence-corrected chi connectivity index (χ2v) is 6.98. The van der Waals surface area contributed by atoms with Crippen LogP contribution < -0.4 is 5.43 Å². The SMILES string of the molecule is O=C(N/N=C\c1cn(Cc2ccccc2)nc1-c1cccs1)c1ccncc1. The third-order valence-electron chi connectivity index (χ3n) is 4.04. The minimum atomic E-state index is -0.284. The lowest BCUT2D eigenvalue weighted by Crippen LogP contribution is -2.17. The third kappa shape index (κ3) is 4.21. The third-order valence-corrected chi connectivity index (χ3v) is 4.92. The minimum absolute atomic E-state index is 0.284. The van der Waals surface area contributed by atoms with Crippen LogP contribution in [0.1, 0.15) is 21.5 Å². The Hall–Kier alpha value is -3.58. The summed E-state index contributed by atoms with van der Waals surface area (Å²) in [6, 6.07) is 17.4. The standard InChI is InChI=1S/C21H17N5OS/c27-21(17-8-10-22-11-9-17)24-23-13-18-15-26(14-16-5-2-1-3-6-16)25-20(18)19-7-4-12-28-19/h1-13,15H,14H2,(H,24,27)/b23-13-. The first kappa shape index (κ1) is 17.8. The fourth-order valence-electron chi connectivity index (χ4n) is 2.72. The molecule has 0 aliphatic rings. The molecular formula is C21H17N5OS. The summed E-state index contributed by atoms with van der Waals surface area (Å²) < 4.78 is 1.89. The van der Waals surface area contributed by atoms with Gasteiger partial charge in [-0.25, -0.2) is 5.43 Å². The predicted octanol–water partition coefficient (Wildman–Crippen LogP) is 3.82. The van der Waals surface area contributed by atoms with Crippen LogP contribution in [0.15, 0.2) is 83.7 Å². The summed E-state index contributed by atoms with van der Waals surface area (Å²) in [4.78, 5) is 17.1. The van der Waals surface area contributed by atoms with Crippen molar-refractivity contribution >= 4 is 23.5 Å². The summed E-state index contributed by atoms with van der Waals surface area (Å²) >= 11 is 1.61. The van der Waals surface area contributed by atoms with Gasteiger partial charge in [-0.05, 0) is 29.1 Å². The van der Waals surface area contributed by atoms with E-state index in [0.717, 1.165) is 21.7 Å². The molecule has 0 aliphatic carbocycles. The van der Waals surface area contributed by atoms with Crippen molar-refractivity contribution in [2.75, 3.05) is 0 Å². The number of hydrazone groups is 1. The molecule has 0 radical (unpaired) electrons. The number of aromatic nitrogens is 3. The zero-order chi connectivity index (χ0) is 19.2. The number of benzene rings is 1. The van der Waals surface area contributed by atoms with Crippen LogP contribution in [0.4, 0.5) is 0 Å². The van der Waals surface area contributed by atoms with Crippen LogP contribution in [0.3, 0.4) is 0 Å². The first-order valence-electron chi connectivity index (χ1n) is 8.68. The molecule has 0 aliphatic heterocycles. The van der Waals surface area contributed by atoms with Gasteiger partial charge in [-0.1, -0.05) is 36.4 Å². The van der Waals surface area contributed by atoms with Gasteiger partial charge in [0.05, 0.1) is 17.6 Å². The molecule has 0 unspecified atom stereocenters. The Morgan fingerprint density at radius 2 is 1.93 bits per heavy atom. The van der Waals surface area contributed by atoms with Crippen LogP contribution >= 0.6 is 11.3 Å². The van der Waals surface area contributed by atoms with Crippen LogP contribution in [0.2, 0.25) is 0 Å². The van der Waals surface area contributed by atoms with Gasteiger partial charge < -0.3 is 0 Å². The lowest BCUT2D eigenvalue weighted by molar-refractivity contribution is 0.0955. The Bertz CT molecular complexity index is 1070. The normalized spacial score (nSPS) is 11.0. The first-order chi connectivity index (χ1) is 13.8. The minimum Gasteiger partial charge on any atom is -0.267 e. The Labute approximate surface area is 166 Å². The highest BCUT2D eigenvalue weighted by atomic mass is 32.1. The van der Waals surface area contributed by atoms with Crippen molar-refractivity contribution in [3.05, 3.63) is 95.3 Å². The summed E-state index contributed by atoms with van der Waals surface area (Å²) in [6.45, 7) is 0.663. The number of rotatable bonds is 6. The molecular weight excluding hydrogens is 370 g/mol. The monoisotopic (exact) mass is 387 g/mol. The number of pyridine rings is 1. The molecule has 1 N–H and O–H groups in total. The fraction of sp³-hybridized carbons (Fsp3) is 0.0476. The molecule has 3 aromatic heterocycles. The van der Waals surface area contributed by atoms with E-state index in [-0.39, 0.29) is 5.91 Å². The molecule has 1 aromatic carbocycles. The van der Waals surface area contributed by atoms with Crippen molar-refractivity contribution in [2.45, 2.75) is 6.54 Å². The molecule has 0 fully saturated rings.